The minimum Gasteiger partial charge on any atom is -0.393 e. The van der Waals surface area contributed by atoms with Gasteiger partial charge in [-0.25, -0.2) is 0 Å². The number of fused-ring (bicyclic) bond motifs is 6. The predicted molar refractivity (Wildman–Crippen MR) is 72.2 cm³/mol. The first kappa shape index (κ1) is 11.7. The van der Waals surface area contributed by atoms with E-state index in [-0.39, 0.29) is 11.7 Å². The van der Waals surface area contributed by atoms with Gasteiger partial charge in [0, 0.05) is 43.4 Å². The maximum Gasteiger partial charge on any atom is 0.250 e. The predicted octanol–water partition coefficient (Wildman–Crippen LogP) is 0.791. The van der Waals surface area contributed by atoms with Crippen LogP contribution >= 0.6 is 0 Å². The molecule has 1 N–H and O–H groups in total. The normalized spacial score (nSPS) is 37.5. The molecule has 4 heterocycles. The molecule has 1 aromatic heterocycles. The molecule has 0 amide bonds. The van der Waals surface area contributed by atoms with Crippen molar-refractivity contribution in [2.24, 2.45) is 5.92 Å². The highest BCUT2D eigenvalue weighted by Gasteiger charge is 2.43. The summed E-state index contributed by atoms with van der Waals surface area (Å²) in [6, 6.07) is 6.14. The standard InChI is InChI=1S/C15H20N2O2/c18-12-4-5-16-8-10-6-11(14(16)7-12)9-17-13(10)2-1-3-15(17)19/h1-3,10-12,14,18H,4-9H2/t10-,11-,12?,14-/m0/s1. The molecule has 1 unspecified atom stereocenters. The second kappa shape index (κ2) is 4.18. The summed E-state index contributed by atoms with van der Waals surface area (Å²) in [6.45, 7) is 2.90. The minimum atomic E-state index is -0.147. The van der Waals surface area contributed by atoms with Crippen LogP contribution in [-0.4, -0.2) is 39.8 Å². The highest BCUT2D eigenvalue weighted by molar-refractivity contribution is 5.18. The van der Waals surface area contributed by atoms with Crippen LogP contribution in [0, 0.1) is 5.92 Å². The van der Waals surface area contributed by atoms with Crippen molar-refractivity contribution in [2.45, 2.75) is 43.9 Å². The van der Waals surface area contributed by atoms with Gasteiger partial charge in [-0.1, -0.05) is 6.07 Å². The van der Waals surface area contributed by atoms with Crippen molar-refractivity contribution in [3.8, 4) is 0 Å². The van der Waals surface area contributed by atoms with E-state index in [1.54, 1.807) is 6.07 Å². The average Bonchev–Trinajstić information content (AvgIpc) is 2.41. The van der Waals surface area contributed by atoms with Crippen LogP contribution in [0.5, 0.6) is 0 Å². The Labute approximate surface area is 112 Å². The fourth-order valence-corrected chi connectivity index (χ4v) is 4.36. The largest absolute Gasteiger partial charge is 0.393 e. The maximum atomic E-state index is 12.0. The van der Waals surface area contributed by atoms with Crippen molar-refractivity contribution in [3.05, 3.63) is 34.2 Å². The topological polar surface area (TPSA) is 45.5 Å². The van der Waals surface area contributed by atoms with E-state index in [0.29, 0.717) is 17.9 Å². The van der Waals surface area contributed by atoms with Crippen LogP contribution in [0.15, 0.2) is 23.0 Å². The molecule has 3 aliphatic heterocycles. The molecule has 0 aromatic carbocycles. The number of nitrogens with zero attached hydrogens (tertiary/aromatic N) is 2. The van der Waals surface area contributed by atoms with Crippen LogP contribution in [0.2, 0.25) is 0 Å². The first-order valence-corrected chi connectivity index (χ1v) is 7.34. The smallest absolute Gasteiger partial charge is 0.250 e. The number of pyridine rings is 1. The van der Waals surface area contributed by atoms with Gasteiger partial charge in [-0.15, -0.1) is 0 Å². The first-order valence-electron chi connectivity index (χ1n) is 7.34. The van der Waals surface area contributed by atoms with Crippen LogP contribution < -0.4 is 5.56 Å². The number of piperidine rings is 2. The van der Waals surface area contributed by atoms with Crippen LogP contribution in [0.1, 0.15) is 30.9 Å². The van der Waals surface area contributed by atoms with E-state index in [0.717, 1.165) is 32.5 Å². The molecule has 102 valence electrons. The molecule has 4 nitrogen and oxygen atoms in total. The monoisotopic (exact) mass is 260 g/mol. The lowest BCUT2D eigenvalue weighted by Crippen LogP contribution is -2.56. The van der Waals surface area contributed by atoms with Crippen LogP contribution in [0.3, 0.4) is 0 Å². The van der Waals surface area contributed by atoms with Crippen molar-refractivity contribution in [1.82, 2.24) is 9.47 Å². The lowest BCUT2D eigenvalue weighted by molar-refractivity contribution is -0.0247. The summed E-state index contributed by atoms with van der Waals surface area (Å²) in [5.74, 6) is 1.03. The van der Waals surface area contributed by atoms with Gasteiger partial charge >= 0.3 is 0 Å². The van der Waals surface area contributed by atoms with Gasteiger partial charge in [-0.05, 0) is 31.2 Å². The van der Waals surface area contributed by atoms with Gasteiger partial charge in [-0.2, -0.15) is 0 Å². The Balaban J connectivity index is 1.73. The third-order valence-corrected chi connectivity index (χ3v) is 5.24. The zero-order valence-corrected chi connectivity index (χ0v) is 11.0. The number of aliphatic hydroxyl groups excluding tert-OH is 1. The Morgan fingerprint density at radius 2 is 2.11 bits per heavy atom. The second-order valence-corrected chi connectivity index (χ2v) is 6.33. The van der Waals surface area contributed by atoms with E-state index < -0.39 is 0 Å². The van der Waals surface area contributed by atoms with Gasteiger partial charge in [0.1, 0.15) is 0 Å². The molecule has 2 saturated heterocycles. The van der Waals surface area contributed by atoms with Crippen LogP contribution in [0.4, 0.5) is 0 Å². The van der Waals surface area contributed by atoms with Gasteiger partial charge in [0.15, 0.2) is 0 Å². The van der Waals surface area contributed by atoms with E-state index in [1.165, 1.54) is 12.1 Å². The van der Waals surface area contributed by atoms with Crippen molar-refractivity contribution in [1.29, 1.82) is 0 Å². The van der Waals surface area contributed by atoms with E-state index in [9.17, 15) is 9.90 Å². The highest BCUT2D eigenvalue weighted by atomic mass is 16.3. The average molecular weight is 260 g/mol. The lowest BCUT2D eigenvalue weighted by atomic mass is 9.75. The molecule has 3 aliphatic rings. The molecule has 19 heavy (non-hydrogen) atoms. The molecule has 1 aromatic rings. The van der Waals surface area contributed by atoms with Crippen molar-refractivity contribution < 1.29 is 5.11 Å². The molecule has 0 aliphatic carbocycles. The SMILES string of the molecule is O=c1cccc2n1C[C@@H]1C[C@H]2CN2CCC(O)C[C@@H]12. The summed E-state index contributed by atoms with van der Waals surface area (Å²) in [4.78, 5) is 14.6. The highest BCUT2D eigenvalue weighted by Crippen LogP contribution is 2.41. The van der Waals surface area contributed by atoms with Gasteiger partial charge in [0.25, 0.3) is 5.56 Å². The summed E-state index contributed by atoms with van der Waals surface area (Å²) in [6.07, 6.45) is 2.81. The Morgan fingerprint density at radius 1 is 1.21 bits per heavy atom. The number of aliphatic hydroxyl groups is 1. The van der Waals surface area contributed by atoms with E-state index in [2.05, 4.69) is 11.0 Å². The Morgan fingerprint density at radius 3 is 3.00 bits per heavy atom. The quantitative estimate of drug-likeness (QED) is 0.750. The lowest BCUT2D eigenvalue weighted by Gasteiger charge is -2.51. The van der Waals surface area contributed by atoms with Gasteiger partial charge in [-0.3, -0.25) is 9.69 Å². The minimum absolute atomic E-state index is 0.136. The molecule has 4 heteroatoms. The fraction of sp³-hybridized carbons (Fsp3) is 0.667. The Bertz CT molecular complexity index is 553. The van der Waals surface area contributed by atoms with E-state index in [4.69, 9.17) is 0 Å². The molecule has 0 saturated carbocycles. The summed E-state index contributed by atoms with van der Waals surface area (Å²) < 4.78 is 1.97. The number of hydrogen-bond acceptors (Lipinski definition) is 3. The van der Waals surface area contributed by atoms with Gasteiger partial charge < -0.3 is 9.67 Å². The molecule has 4 rings (SSSR count). The van der Waals surface area contributed by atoms with Crippen LogP contribution in [-0.2, 0) is 6.54 Å². The molecule has 2 fully saturated rings. The third kappa shape index (κ3) is 1.77. The Kier molecular flexibility index (Phi) is 2.57. The molecule has 2 bridgehead atoms. The molecule has 4 atom stereocenters. The van der Waals surface area contributed by atoms with E-state index in [1.807, 2.05) is 10.6 Å². The number of hydrogen-bond donors (Lipinski definition) is 1. The van der Waals surface area contributed by atoms with Crippen molar-refractivity contribution >= 4 is 0 Å². The summed E-state index contributed by atoms with van der Waals surface area (Å²) in [5.41, 5.74) is 1.35. The van der Waals surface area contributed by atoms with E-state index >= 15 is 0 Å². The zero-order chi connectivity index (χ0) is 13.0. The third-order valence-electron chi connectivity index (χ3n) is 5.24. The summed E-state index contributed by atoms with van der Waals surface area (Å²) >= 11 is 0. The number of aromatic nitrogens is 1. The second-order valence-electron chi connectivity index (χ2n) is 6.33. The van der Waals surface area contributed by atoms with Crippen molar-refractivity contribution in [3.63, 3.8) is 0 Å². The Hall–Kier alpha value is -1.13. The molecular weight excluding hydrogens is 240 g/mol. The fourth-order valence-electron chi connectivity index (χ4n) is 4.36. The summed E-state index contributed by atoms with van der Waals surface area (Å²) in [5, 5.41) is 9.90. The summed E-state index contributed by atoms with van der Waals surface area (Å²) in [7, 11) is 0. The maximum absolute atomic E-state index is 12.0. The van der Waals surface area contributed by atoms with Crippen molar-refractivity contribution in [2.75, 3.05) is 13.1 Å². The zero-order valence-electron chi connectivity index (χ0n) is 11.0. The van der Waals surface area contributed by atoms with Crippen LogP contribution in [0.25, 0.3) is 0 Å². The molecule has 0 spiro atoms. The molecular formula is C15H20N2O2. The van der Waals surface area contributed by atoms with Gasteiger partial charge in [0.05, 0.1) is 6.10 Å². The first-order chi connectivity index (χ1) is 9.22. The number of rotatable bonds is 0. The molecule has 0 radical (unpaired) electrons. The van der Waals surface area contributed by atoms with Gasteiger partial charge in [0.2, 0.25) is 0 Å².